The highest BCUT2D eigenvalue weighted by Crippen LogP contribution is 2.26. The Hall–Kier alpha value is -3.28. The van der Waals surface area contributed by atoms with Crippen LogP contribution in [0.1, 0.15) is 0 Å². The van der Waals surface area contributed by atoms with E-state index in [1.807, 2.05) is 60.7 Å². The van der Waals surface area contributed by atoms with Crippen LogP contribution in [-0.2, 0) is 0 Å². The van der Waals surface area contributed by atoms with E-state index in [-0.39, 0.29) is 0 Å². The minimum absolute atomic E-state index is 0.570. The highest BCUT2D eigenvalue weighted by Gasteiger charge is 2.08. The van der Waals surface area contributed by atoms with E-state index in [0.717, 1.165) is 28.1 Å². The molecule has 4 aromatic rings. The smallest absolute Gasteiger partial charge is 0.204 e. The summed E-state index contributed by atoms with van der Waals surface area (Å²) in [5.74, 6) is 0.570. The summed E-state index contributed by atoms with van der Waals surface area (Å²) < 4.78 is 0. The fourth-order valence-electron chi connectivity index (χ4n) is 2.34. The van der Waals surface area contributed by atoms with E-state index in [1.54, 1.807) is 0 Å². The first kappa shape index (κ1) is 12.5. The van der Waals surface area contributed by atoms with Crippen LogP contribution in [-0.4, -0.2) is 30.8 Å². The van der Waals surface area contributed by atoms with Crippen molar-refractivity contribution in [2.24, 2.45) is 0 Å². The molecular formula is C16H12N6. The Bertz CT molecular complexity index is 880. The zero-order chi connectivity index (χ0) is 14.8. The molecule has 0 unspecified atom stereocenters. The molecule has 0 saturated heterocycles. The van der Waals surface area contributed by atoms with E-state index < -0.39 is 0 Å². The van der Waals surface area contributed by atoms with Gasteiger partial charge in [-0.3, -0.25) is 5.10 Å². The summed E-state index contributed by atoms with van der Waals surface area (Å²) in [7, 11) is 0. The number of aromatic nitrogens is 6. The average Bonchev–Trinajstić information content (AvgIpc) is 3.28. The molecule has 0 radical (unpaired) electrons. The molecule has 0 fully saturated rings. The average molecular weight is 288 g/mol. The van der Waals surface area contributed by atoms with Gasteiger partial charge in [0.15, 0.2) is 0 Å². The number of hydrogen-bond acceptors (Lipinski definition) is 4. The quantitative estimate of drug-likeness (QED) is 0.607. The second-order valence-corrected chi connectivity index (χ2v) is 4.85. The molecule has 2 aromatic heterocycles. The molecule has 6 heteroatoms. The zero-order valence-corrected chi connectivity index (χ0v) is 11.6. The van der Waals surface area contributed by atoms with Gasteiger partial charge in [0.1, 0.15) is 0 Å². The van der Waals surface area contributed by atoms with Crippen LogP contribution in [0.3, 0.4) is 0 Å². The molecule has 0 aliphatic carbocycles. The number of nitrogens with zero attached hydrogens (tertiary/aromatic N) is 4. The minimum Gasteiger partial charge on any atom is -0.277 e. The Labute approximate surface area is 126 Å². The third-order valence-electron chi connectivity index (χ3n) is 3.42. The highest BCUT2D eigenvalue weighted by molar-refractivity contribution is 5.71. The Morgan fingerprint density at radius 1 is 0.727 bits per heavy atom. The topological polar surface area (TPSA) is 83.1 Å². The number of tetrazole rings is 1. The first-order valence-electron chi connectivity index (χ1n) is 6.85. The van der Waals surface area contributed by atoms with Crippen LogP contribution < -0.4 is 0 Å². The van der Waals surface area contributed by atoms with Crippen molar-refractivity contribution < 1.29 is 0 Å². The molecule has 2 heterocycles. The molecule has 0 aliphatic heterocycles. The second-order valence-electron chi connectivity index (χ2n) is 4.85. The van der Waals surface area contributed by atoms with Gasteiger partial charge in [0.2, 0.25) is 5.82 Å². The highest BCUT2D eigenvalue weighted by atomic mass is 15.5. The van der Waals surface area contributed by atoms with Crippen molar-refractivity contribution in [1.82, 2.24) is 30.8 Å². The lowest BCUT2D eigenvalue weighted by Gasteiger charge is -1.99. The maximum absolute atomic E-state index is 4.40. The van der Waals surface area contributed by atoms with Gasteiger partial charge < -0.3 is 0 Å². The van der Waals surface area contributed by atoms with Gasteiger partial charge in [0, 0.05) is 11.1 Å². The second kappa shape index (κ2) is 5.25. The summed E-state index contributed by atoms with van der Waals surface area (Å²) in [6.07, 6.45) is 0. The fraction of sp³-hybridized carbons (Fsp3) is 0. The molecular weight excluding hydrogens is 276 g/mol. The largest absolute Gasteiger partial charge is 0.277 e. The van der Waals surface area contributed by atoms with Crippen LogP contribution in [0.4, 0.5) is 0 Å². The number of benzene rings is 2. The normalized spacial score (nSPS) is 10.7. The summed E-state index contributed by atoms with van der Waals surface area (Å²) in [5, 5.41) is 21.5. The van der Waals surface area contributed by atoms with Gasteiger partial charge in [0.05, 0.1) is 11.4 Å². The summed E-state index contributed by atoms with van der Waals surface area (Å²) in [6.45, 7) is 0. The predicted octanol–water partition coefficient (Wildman–Crippen LogP) is 2.92. The first-order valence-corrected chi connectivity index (χ1v) is 6.85. The van der Waals surface area contributed by atoms with Crippen LogP contribution in [0, 0.1) is 0 Å². The summed E-state index contributed by atoms with van der Waals surface area (Å²) in [6, 6.07) is 20.0. The number of aromatic amines is 2. The van der Waals surface area contributed by atoms with Gasteiger partial charge in [-0.15, -0.1) is 10.2 Å². The van der Waals surface area contributed by atoms with Crippen molar-refractivity contribution in [2.75, 3.05) is 0 Å². The Kier molecular flexibility index (Phi) is 2.97. The van der Waals surface area contributed by atoms with Gasteiger partial charge in [-0.2, -0.15) is 10.3 Å². The first-order chi connectivity index (χ1) is 10.9. The SMILES string of the molecule is c1ccc(-c2cc(-c3cccc(-c4nn[nH]n4)c3)n[nH]2)cc1. The monoisotopic (exact) mass is 288 g/mol. The minimum atomic E-state index is 0.570. The van der Waals surface area contributed by atoms with Crippen LogP contribution in [0.25, 0.3) is 33.9 Å². The van der Waals surface area contributed by atoms with Crippen LogP contribution in [0.15, 0.2) is 60.7 Å². The van der Waals surface area contributed by atoms with Gasteiger partial charge in [-0.25, -0.2) is 0 Å². The van der Waals surface area contributed by atoms with E-state index in [4.69, 9.17) is 0 Å². The number of H-pyrrole nitrogens is 2. The van der Waals surface area contributed by atoms with Gasteiger partial charge in [-0.05, 0) is 22.9 Å². The Morgan fingerprint density at radius 2 is 1.55 bits per heavy atom. The zero-order valence-electron chi connectivity index (χ0n) is 11.6. The van der Waals surface area contributed by atoms with E-state index in [9.17, 15) is 0 Å². The maximum Gasteiger partial charge on any atom is 0.204 e. The standard InChI is InChI=1S/C16H12N6/c1-2-5-11(6-3-1)14-10-15(18-17-14)12-7-4-8-13(9-12)16-19-21-22-20-16/h1-10H,(H,17,18)(H,19,20,21,22). The van der Waals surface area contributed by atoms with E-state index in [1.165, 1.54) is 0 Å². The maximum atomic E-state index is 4.40. The van der Waals surface area contributed by atoms with E-state index in [2.05, 4.69) is 30.8 Å². The Morgan fingerprint density at radius 3 is 2.36 bits per heavy atom. The molecule has 0 saturated carbocycles. The molecule has 6 nitrogen and oxygen atoms in total. The summed E-state index contributed by atoms with van der Waals surface area (Å²) in [4.78, 5) is 0. The van der Waals surface area contributed by atoms with E-state index >= 15 is 0 Å². The van der Waals surface area contributed by atoms with Crippen LogP contribution in [0.5, 0.6) is 0 Å². The lowest BCUT2D eigenvalue weighted by atomic mass is 10.1. The van der Waals surface area contributed by atoms with Crippen LogP contribution >= 0.6 is 0 Å². The Balaban J connectivity index is 1.71. The van der Waals surface area contributed by atoms with Gasteiger partial charge in [-0.1, -0.05) is 48.5 Å². The third kappa shape index (κ3) is 2.26. The molecule has 0 amide bonds. The number of rotatable bonds is 3. The fourth-order valence-corrected chi connectivity index (χ4v) is 2.34. The number of nitrogens with one attached hydrogen (secondary N) is 2. The molecule has 2 N–H and O–H groups in total. The van der Waals surface area contributed by atoms with Crippen LogP contribution in [0.2, 0.25) is 0 Å². The van der Waals surface area contributed by atoms with Crippen molar-refractivity contribution >= 4 is 0 Å². The van der Waals surface area contributed by atoms with Crippen molar-refractivity contribution in [3.05, 3.63) is 60.7 Å². The van der Waals surface area contributed by atoms with Crippen molar-refractivity contribution in [1.29, 1.82) is 0 Å². The molecule has 4 rings (SSSR count). The molecule has 106 valence electrons. The van der Waals surface area contributed by atoms with Gasteiger partial charge >= 0.3 is 0 Å². The van der Waals surface area contributed by atoms with Crippen molar-refractivity contribution in [2.45, 2.75) is 0 Å². The van der Waals surface area contributed by atoms with Crippen molar-refractivity contribution in [3.8, 4) is 33.9 Å². The summed E-state index contributed by atoms with van der Waals surface area (Å²) >= 11 is 0. The van der Waals surface area contributed by atoms with E-state index in [0.29, 0.717) is 5.82 Å². The predicted molar refractivity (Wildman–Crippen MR) is 82.6 cm³/mol. The molecule has 22 heavy (non-hydrogen) atoms. The third-order valence-corrected chi connectivity index (χ3v) is 3.42. The number of hydrogen-bond donors (Lipinski definition) is 2. The molecule has 0 spiro atoms. The van der Waals surface area contributed by atoms with Gasteiger partial charge in [0.25, 0.3) is 0 Å². The molecule has 0 bridgehead atoms. The molecule has 0 atom stereocenters. The molecule has 2 aromatic carbocycles. The summed E-state index contributed by atoms with van der Waals surface area (Å²) in [5.41, 5.74) is 4.87. The molecule has 0 aliphatic rings. The van der Waals surface area contributed by atoms with Crippen molar-refractivity contribution in [3.63, 3.8) is 0 Å². The lowest BCUT2D eigenvalue weighted by molar-refractivity contribution is 0.881. The lowest BCUT2D eigenvalue weighted by Crippen LogP contribution is -1.83.